The van der Waals surface area contributed by atoms with Crippen LogP contribution in [0.2, 0.25) is 0 Å². The Morgan fingerprint density at radius 2 is 1.97 bits per heavy atom. The minimum atomic E-state index is -0.0115. The Morgan fingerprint density at radius 1 is 1.22 bits per heavy atom. The Bertz CT molecular complexity index is 993. The van der Waals surface area contributed by atoms with E-state index in [2.05, 4.69) is 45.2 Å². The van der Waals surface area contributed by atoms with Gasteiger partial charge in [-0.25, -0.2) is 0 Å². The predicted octanol–water partition coefficient (Wildman–Crippen LogP) is 3.49. The number of pyridine rings is 1. The number of aryl methyl sites for hydroxylation is 2. The lowest BCUT2D eigenvalue weighted by Gasteiger charge is -2.32. The number of hydrogen-bond donors (Lipinski definition) is 2. The molecule has 0 amide bonds. The van der Waals surface area contributed by atoms with E-state index >= 15 is 0 Å². The van der Waals surface area contributed by atoms with Gasteiger partial charge in [0, 0.05) is 31.2 Å². The Hall–Kier alpha value is -1.96. The number of fused-ring (bicyclic) bond motifs is 1. The second kappa shape index (κ2) is 10.8. The van der Waals surface area contributed by atoms with E-state index in [1.54, 1.807) is 0 Å². The summed E-state index contributed by atoms with van der Waals surface area (Å²) in [6.45, 7) is 10.3. The van der Waals surface area contributed by atoms with Crippen molar-refractivity contribution in [2.75, 3.05) is 39.4 Å². The number of aromatic amines is 1. The molecule has 1 aliphatic carbocycles. The molecule has 174 valence electrons. The van der Waals surface area contributed by atoms with E-state index in [1.807, 2.05) is 6.92 Å². The molecule has 2 aromatic rings. The predicted molar refractivity (Wildman–Crippen MR) is 134 cm³/mol. The van der Waals surface area contributed by atoms with E-state index in [0.717, 1.165) is 85.8 Å². The molecule has 0 bridgehead atoms. The smallest absolute Gasteiger partial charge is 0.253 e. The lowest BCUT2D eigenvalue weighted by Crippen LogP contribution is -2.46. The zero-order valence-corrected chi connectivity index (χ0v) is 20.2. The zero-order valence-electron chi connectivity index (χ0n) is 19.4. The molecule has 2 N–H and O–H groups in total. The lowest BCUT2D eigenvalue weighted by molar-refractivity contribution is 0.0375. The van der Waals surface area contributed by atoms with Crippen LogP contribution in [-0.2, 0) is 11.3 Å². The van der Waals surface area contributed by atoms with Crippen LogP contribution in [0, 0.1) is 13.8 Å². The summed E-state index contributed by atoms with van der Waals surface area (Å²) in [6, 6.07) is 6.71. The van der Waals surface area contributed by atoms with E-state index in [4.69, 9.17) is 17.0 Å². The zero-order chi connectivity index (χ0) is 22.5. The SMILES string of the molecule is Cc1cc(C)c2[nH]c(=O)c(CN(C(=S)NCCCN3CCOCC3)C3CCCC3)cc2c1. The van der Waals surface area contributed by atoms with Crippen molar-refractivity contribution in [2.45, 2.75) is 58.5 Å². The van der Waals surface area contributed by atoms with Crippen molar-refractivity contribution in [2.24, 2.45) is 0 Å². The molecule has 1 aliphatic heterocycles. The molecule has 0 atom stereocenters. The third-order valence-corrected chi connectivity index (χ3v) is 7.15. The first-order valence-electron chi connectivity index (χ1n) is 12.0. The molecule has 0 radical (unpaired) electrons. The number of aromatic nitrogens is 1. The molecule has 1 aromatic heterocycles. The fraction of sp³-hybridized carbons (Fsp3) is 0.600. The first kappa shape index (κ1) is 23.2. The van der Waals surface area contributed by atoms with E-state index < -0.39 is 0 Å². The van der Waals surface area contributed by atoms with Crippen LogP contribution in [0.5, 0.6) is 0 Å². The third kappa shape index (κ3) is 5.69. The fourth-order valence-corrected chi connectivity index (χ4v) is 5.36. The summed E-state index contributed by atoms with van der Waals surface area (Å²) >= 11 is 5.83. The first-order chi connectivity index (χ1) is 15.5. The van der Waals surface area contributed by atoms with Gasteiger partial charge in [0.1, 0.15) is 0 Å². The van der Waals surface area contributed by atoms with Gasteiger partial charge in [-0.15, -0.1) is 0 Å². The summed E-state index contributed by atoms with van der Waals surface area (Å²) in [5.41, 5.74) is 4.02. The lowest BCUT2D eigenvalue weighted by atomic mass is 10.0. The number of ether oxygens (including phenoxy) is 1. The number of H-pyrrole nitrogens is 1. The molecule has 4 rings (SSSR count). The summed E-state index contributed by atoms with van der Waals surface area (Å²) in [7, 11) is 0. The Balaban J connectivity index is 1.44. The third-order valence-electron chi connectivity index (χ3n) is 6.77. The molecule has 2 fully saturated rings. The summed E-state index contributed by atoms with van der Waals surface area (Å²) in [5.74, 6) is 0. The fourth-order valence-electron chi connectivity index (χ4n) is 5.04. The Kier molecular flexibility index (Phi) is 7.81. The van der Waals surface area contributed by atoms with Crippen LogP contribution in [-0.4, -0.2) is 65.3 Å². The number of morpholine rings is 1. The average molecular weight is 457 g/mol. The molecule has 6 nitrogen and oxygen atoms in total. The van der Waals surface area contributed by atoms with Gasteiger partial charge in [0.05, 0.1) is 25.3 Å². The Labute approximate surface area is 196 Å². The van der Waals surface area contributed by atoms with Gasteiger partial charge in [-0.2, -0.15) is 0 Å². The number of hydrogen-bond acceptors (Lipinski definition) is 4. The highest BCUT2D eigenvalue weighted by molar-refractivity contribution is 7.80. The molecule has 2 heterocycles. The van der Waals surface area contributed by atoms with Crippen molar-refractivity contribution in [1.29, 1.82) is 0 Å². The first-order valence-corrected chi connectivity index (χ1v) is 12.4. The summed E-state index contributed by atoms with van der Waals surface area (Å²) < 4.78 is 5.43. The highest BCUT2D eigenvalue weighted by atomic mass is 32.1. The van der Waals surface area contributed by atoms with Crippen LogP contribution in [0.25, 0.3) is 10.9 Å². The number of benzene rings is 1. The van der Waals surface area contributed by atoms with Gasteiger partial charge in [0.2, 0.25) is 0 Å². The molecule has 7 heteroatoms. The highest BCUT2D eigenvalue weighted by Gasteiger charge is 2.25. The van der Waals surface area contributed by atoms with Crippen LogP contribution in [0.4, 0.5) is 0 Å². The minimum Gasteiger partial charge on any atom is -0.379 e. The van der Waals surface area contributed by atoms with E-state index in [9.17, 15) is 4.79 Å². The van der Waals surface area contributed by atoms with Gasteiger partial charge in [0.15, 0.2) is 5.11 Å². The van der Waals surface area contributed by atoms with Crippen molar-refractivity contribution in [1.82, 2.24) is 20.1 Å². The largest absolute Gasteiger partial charge is 0.379 e. The van der Waals surface area contributed by atoms with Gasteiger partial charge in [-0.1, -0.05) is 24.5 Å². The Morgan fingerprint density at radius 3 is 2.72 bits per heavy atom. The molecular formula is C25H36N4O2S. The molecule has 2 aliphatic rings. The second-order valence-electron chi connectivity index (χ2n) is 9.28. The molecular weight excluding hydrogens is 420 g/mol. The average Bonchev–Trinajstić information content (AvgIpc) is 3.31. The molecule has 0 unspecified atom stereocenters. The van der Waals surface area contributed by atoms with Gasteiger partial charge in [-0.3, -0.25) is 9.69 Å². The number of nitrogens with zero attached hydrogens (tertiary/aromatic N) is 2. The molecule has 0 spiro atoms. The summed E-state index contributed by atoms with van der Waals surface area (Å²) in [5, 5.41) is 5.35. The van der Waals surface area contributed by atoms with Crippen LogP contribution in [0.15, 0.2) is 23.0 Å². The maximum Gasteiger partial charge on any atom is 0.253 e. The summed E-state index contributed by atoms with van der Waals surface area (Å²) in [6.07, 6.45) is 5.78. The van der Waals surface area contributed by atoms with Gasteiger partial charge < -0.3 is 19.9 Å². The molecule has 1 saturated carbocycles. The van der Waals surface area contributed by atoms with Gasteiger partial charge in [0.25, 0.3) is 5.56 Å². The van der Waals surface area contributed by atoms with Gasteiger partial charge in [-0.05, 0) is 75.0 Å². The monoisotopic (exact) mass is 456 g/mol. The van der Waals surface area contributed by atoms with E-state index in [-0.39, 0.29) is 5.56 Å². The van der Waals surface area contributed by atoms with Crippen LogP contribution in [0.3, 0.4) is 0 Å². The van der Waals surface area contributed by atoms with Crippen molar-refractivity contribution >= 4 is 28.2 Å². The van der Waals surface area contributed by atoms with Crippen LogP contribution >= 0.6 is 12.2 Å². The van der Waals surface area contributed by atoms with Crippen LogP contribution in [0.1, 0.15) is 48.8 Å². The topological polar surface area (TPSA) is 60.6 Å². The minimum absolute atomic E-state index is 0.0115. The second-order valence-corrected chi connectivity index (χ2v) is 9.66. The highest BCUT2D eigenvalue weighted by Crippen LogP contribution is 2.25. The molecule has 1 aromatic carbocycles. The quantitative estimate of drug-likeness (QED) is 0.491. The normalized spacial score (nSPS) is 17.7. The van der Waals surface area contributed by atoms with Crippen LogP contribution < -0.4 is 10.9 Å². The van der Waals surface area contributed by atoms with Gasteiger partial charge >= 0.3 is 0 Å². The standard InChI is InChI=1S/C25H36N4O2S/c1-18-14-19(2)23-20(15-18)16-21(24(30)27-23)17-29(22-6-3-4-7-22)25(32)26-8-5-9-28-10-12-31-13-11-28/h14-16,22H,3-13,17H2,1-2H3,(H,26,32)(H,27,30). The number of rotatable bonds is 7. The number of nitrogens with one attached hydrogen (secondary N) is 2. The maximum atomic E-state index is 12.9. The number of thiocarbonyl (C=S) groups is 1. The van der Waals surface area contributed by atoms with Crippen molar-refractivity contribution in [3.8, 4) is 0 Å². The van der Waals surface area contributed by atoms with Crippen molar-refractivity contribution in [3.05, 3.63) is 45.2 Å². The van der Waals surface area contributed by atoms with Crippen molar-refractivity contribution in [3.63, 3.8) is 0 Å². The van der Waals surface area contributed by atoms with Crippen molar-refractivity contribution < 1.29 is 4.74 Å². The molecule has 1 saturated heterocycles. The van der Waals surface area contributed by atoms with E-state index in [1.165, 1.54) is 18.4 Å². The summed E-state index contributed by atoms with van der Waals surface area (Å²) in [4.78, 5) is 20.7. The molecule has 32 heavy (non-hydrogen) atoms. The van der Waals surface area contributed by atoms with E-state index in [0.29, 0.717) is 12.6 Å². The maximum absolute atomic E-state index is 12.9.